The number of likely N-dealkylation sites (tertiary alicyclic amines) is 2. The van der Waals surface area contributed by atoms with Gasteiger partial charge in [0.1, 0.15) is 23.4 Å². The number of rotatable bonds is 5. The maximum atomic E-state index is 13.7. The van der Waals surface area contributed by atoms with Crippen molar-refractivity contribution in [2.45, 2.75) is 83.6 Å². The number of fused-ring (bicyclic) bond motifs is 1. The van der Waals surface area contributed by atoms with E-state index in [1.165, 1.54) is 17.5 Å². The molecule has 3 amide bonds. The Morgan fingerprint density at radius 1 is 0.952 bits per heavy atom. The van der Waals surface area contributed by atoms with E-state index in [4.69, 9.17) is 4.74 Å². The first kappa shape index (κ1) is 29.8. The normalized spacial score (nSPS) is 21.8. The summed E-state index contributed by atoms with van der Waals surface area (Å²) in [4.78, 5) is 52.9. The van der Waals surface area contributed by atoms with E-state index in [9.17, 15) is 14.4 Å². The number of hydrogen-bond donors (Lipinski definition) is 2. The summed E-state index contributed by atoms with van der Waals surface area (Å²) in [5, 5.41) is 6.54. The maximum Gasteiger partial charge on any atom is 0.407 e. The largest absolute Gasteiger partial charge is 0.444 e. The van der Waals surface area contributed by atoms with Crippen molar-refractivity contribution in [1.29, 1.82) is 0 Å². The van der Waals surface area contributed by atoms with Gasteiger partial charge >= 0.3 is 6.09 Å². The fourth-order valence-corrected chi connectivity index (χ4v) is 6.18. The zero-order valence-electron chi connectivity index (χ0n) is 25.1. The van der Waals surface area contributed by atoms with Gasteiger partial charge in [-0.25, -0.2) is 14.8 Å². The van der Waals surface area contributed by atoms with Gasteiger partial charge in [0.2, 0.25) is 5.91 Å². The zero-order chi connectivity index (χ0) is 29.9. The van der Waals surface area contributed by atoms with Crippen LogP contribution >= 0.6 is 0 Å². The lowest BCUT2D eigenvalue weighted by atomic mass is 9.93. The molecule has 0 unspecified atom stereocenters. The predicted octanol–water partition coefficient (Wildman–Crippen LogP) is 3.07. The summed E-state index contributed by atoms with van der Waals surface area (Å²) in [5.74, 6) is 0.561. The van der Waals surface area contributed by atoms with Crippen molar-refractivity contribution >= 4 is 23.7 Å². The molecule has 3 aliphatic heterocycles. The number of aromatic nitrogens is 2. The third-order valence-electron chi connectivity index (χ3n) is 8.38. The zero-order valence-corrected chi connectivity index (χ0v) is 25.1. The van der Waals surface area contributed by atoms with Crippen LogP contribution in [0.3, 0.4) is 0 Å². The van der Waals surface area contributed by atoms with Gasteiger partial charge in [-0.3, -0.25) is 14.5 Å². The van der Waals surface area contributed by atoms with Crippen molar-refractivity contribution in [2.75, 3.05) is 38.0 Å². The minimum atomic E-state index is -0.594. The number of alkyl carbamates (subject to hydrolysis) is 1. The monoisotopic (exact) mass is 577 g/mol. The summed E-state index contributed by atoms with van der Waals surface area (Å²) >= 11 is 0. The number of anilines is 1. The molecule has 0 bridgehead atoms. The van der Waals surface area contributed by atoms with Gasteiger partial charge in [-0.15, -0.1) is 0 Å². The van der Waals surface area contributed by atoms with Crippen molar-refractivity contribution in [2.24, 2.45) is 0 Å². The highest BCUT2D eigenvalue weighted by molar-refractivity contribution is 5.93. The first-order valence-corrected chi connectivity index (χ1v) is 15.0. The van der Waals surface area contributed by atoms with Gasteiger partial charge < -0.3 is 25.2 Å². The van der Waals surface area contributed by atoms with Crippen LogP contribution < -0.4 is 10.6 Å². The summed E-state index contributed by atoms with van der Waals surface area (Å²) in [6.07, 6.45) is 4.17. The number of hydrogen-bond acceptors (Lipinski definition) is 8. The molecule has 1 aromatic carbocycles. The molecule has 0 spiro atoms. The van der Waals surface area contributed by atoms with Gasteiger partial charge in [-0.05, 0) is 57.6 Å². The van der Waals surface area contributed by atoms with Gasteiger partial charge in [0.25, 0.3) is 5.91 Å². The summed E-state index contributed by atoms with van der Waals surface area (Å²) in [7, 11) is 0. The summed E-state index contributed by atoms with van der Waals surface area (Å²) in [5.41, 5.74) is 2.38. The number of benzene rings is 1. The van der Waals surface area contributed by atoms with Crippen molar-refractivity contribution in [3.63, 3.8) is 0 Å². The van der Waals surface area contributed by atoms with Crippen LogP contribution in [0.2, 0.25) is 0 Å². The molecule has 4 heterocycles. The van der Waals surface area contributed by atoms with Crippen molar-refractivity contribution < 1.29 is 19.1 Å². The second kappa shape index (κ2) is 12.6. The number of nitrogens with one attached hydrogen (secondary N) is 2. The van der Waals surface area contributed by atoms with Crippen LogP contribution in [0.5, 0.6) is 0 Å². The number of nitrogens with zero attached hydrogens (tertiary/aromatic N) is 5. The molecule has 42 heavy (non-hydrogen) atoms. The molecule has 5 rings (SSSR count). The summed E-state index contributed by atoms with van der Waals surface area (Å²) in [6.45, 7) is 11.2. The molecule has 226 valence electrons. The molecule has 11 heteroatoms. The first-order valence-electron chi connectivity index (χ1n) is 15.0. The van der Waals surface area contributed by atoms with E-state index in [-0.39, 0.29) is 29.9 Å². The highest BCUT2D eigenvalue weighted by Gasteiger charge is 2.38. The average Bonchev–Trinajstić information content (AvgIpc) is 2.96. The van der Waals surface area contributed by atoms with Crippen LogP contribution in [0.1, 0.15) is 68.6 Å². The van der Waals surface area contributed by atoms with Crippen molar-refractivity contribution in [3.8, 4) is 0 Å². The molecule has 0 aliphatic carbocycles. The molecule has 3 aliphatic rings. The Kier molecular flexibility index (Phi) is 8.96. The van der Waals surface area contributed by atoms with E-state index in [0.717, 1.165) is 32.4 Å². The number of carbonyl (C=O) groups is 3. The van der Waals surface area contributed by atoms with Gasteiger partial charge in [-0.1, -0.05) is 24.3 Å². The van der Waals surface area contributed by atoms with Crippen LogP contribution in [-0.4, -0.2) is 99.0 Å². The van der Waals surface area contributed by atoms with E-state index in [0.29, 0.717) is 44.1 Å². The molecular formula is C31H43N7O4. The minimum absolute atomic E-state index is 0.0746. The lowest BCUT2D eigenvalue weighted by Gasteiger charge is -2.45. The van der Waals surface area contributed by atoms with E-state index in [1.54, 1.807) is 13.0 Å². The molecule has 11 nitrogen and oxygen atoms in total. The fraction of sp³-hybridized carbons (Fsp3) is 0.581. The molecule has 2 atom stereocenters. The number of amides is 3. The van der Waals surface area contributed by atoms with E-state index < -0.39 is 11.7 Å². The first-order chi connectivity index (χ1) is 20.1. The van der Waals surface area contributed by atoms with Gasteiger partial charge in [0.15, 0.2) is 0 Å². The smallest absolute Gasteiger partial charge is 0.407 e. The second-order valence-electron chi connectivity index (χ2n) is 12.6. The Labute approximate surface area is 248 Å². The Morgan fingerprint density at radius 3 is 2.38 bits per heavy atom. The number of piperidine rings is 2. The quantitative estimate of drug-likeness (QED) is 0.557. The standard InChI is InChI=1S/C31H43N7O4/c1-21(39)36-14-10-24(11-15-36)34-28-17-26(32-20-33-28)29(40)38-16-12-25(35-30(41)42-31(2,3)4)27(19-38)37-13-9-22-7-5-6-8-23(22)18-37/h5-8,17,20,24-25,27H,9-16,18-19H2,1-4H3,(H,35,41)(H,32,33,34)/t25-,27-/m1/s1. The van der Waals surface area contributed by atoms with Crippen LogP contribution in [0.25, 0.3) is 0 Å². The highest BCUT2D eigenvalue weighted by atomic mass is 16.6. The van der Waals surface area contributed by atoms with E-state index in [1.807, 2.05) is 30.6 Å². The van der Waals surface area contributed by atoms with Crippen LogP contribution in [0.4, 0.5) is 10.6 Å². The fourth-order valence-electron chi connectivity index (χ4n) is 6.18. The molecule has 0 radical (unpaired) electrons. The Balaban J connectivity index is 1.28. The molecule has 2 saturated heterocycles. The van der Waals surface area contributed by atoms with Gasteiger partial charge in [0, 0.05) is 64.3 Å². The van der Waals surface area contributed by atoms with E-state index in [2.05, 4.69) is 49.8 Å². The molecule has 2 aromatic rings. The Hall–Kier alpha value is -3.73. The topological polar surface area (TPSA) is 120 Å². The number of ether oxygens (including phenoxy) is 1. The predicted molar refractivity (Wildman–Crippen MR) is 159 cm³/mol. The van der Waals surface area contributed by atoms with Crippen LogP contribution in [-0.2, 0) is 22.5 Å². The Bertz CT molecular complexity index is 1290. The molecule has 1 aromatic heterocycles. The van der Waals surface area contributed by atoms with Crippen molar-refractivity contribution in [1.82, 2.24) is 30.0 Å². The molecule has 2 N–H and O–H groups in total. The lowest BCUT2D eigenvalue weighted by molar-refractivity contribution is -0.129. The SMILES string of the molecule is CC(=O)N1CCC(Nc2cc(C(=O)N3CC[C@@H](NC(=O)OC(C)(C)C)[C@H](N4CCc5ccccc5C4)C3)ncn2)CC1. The number of carbonyl (C=O) groups excluding carboxylic acids is 3. The maximum absolute atomic E-state index is 13.7. The summed E-state index contributed by atoms with van der Waals surface area (Å²) in [6, 6.07) is 10.1. The highest BCUT2D eigenvalue weighted by Crippen LogP contribution is 2.26. The van der Waals surface area contributed by atoms with Gasteiger partial charge in [-0.2, -0.15) is 0 Å². The van der Waals surface area contributed by atoms with Crippen molar-refractivity contribution in [3.05, 3.63) is 53.5 Å². The third-order valence-corrected chi connectivity index (χ3v) is 8.38. The minimum Gasteiger partial charge on any atom is -0.444 e. The van der Waals surface area contributed by atoms with Crippen LogP contribution in [0, 0.1) is 0 Å². The third kappa shape index (κ3) is 7.36. The average molecular weight is 578 g/mol. The second-order valence-corrected chi connectivity index (χ2v) is 12.6. The molecular weight excluding hydrogens is 534 g/mol. The summed E-state index contributed by atoms with van der Waals surface area (Å²) < 4.78 is 5.58. The van der Waals surface area contributed by atoms with Gasteiger partial charge in [0.05, 0.1) is 6.04 Å². The lowest BCUT2D eigenvalue weighted by Crippen LogP contribution is -2.62. The van der Waals surface area contributed by atoms with E-state index >= 15 is 0 Å². The molecule has 0 saturated carbocycles. The Morgan fingerprint density at radius 2 is 1.67 bits per heavy atom. The van der Waals surface area contributed by atoms with Crippen LogP contribution in [0.15, 0.2) is 36.7 Å². The molecule has 2 fully saturated rings.